The number of ketones is 1. The number of carbonyl (C=O) groups is 2. The summed E-state index contributed by atoms with van der Waals surface area (Å²) in [5.74, 6) is 0.456. The van der Waals surface area contributed by atoms with Crippen LogP contribution in [0.1, 0.15) is 31.0 Å². The number of thiazole rings is 1. The Morgan fingerprint density at radius 2 is 1.65 bits per heavy atom. The Morgan fingerprint density at radius 1 is 0.950 bits per heavy atom. The number of amides is 1. The van der Waals surface area contributed by atoms with Crippen LogP contribution in [-0.4, -0.2) is 48.2 Å². The van der Waals surface area contributed by atoms with Gasteiger partial charge in [0.2, 0.25) is 0 Å². The Kier molecular flexibility index (Phi) is 6.77. The lowest BCUT2D eigenvalue weighted by Gasteiger charge is -2.23. The number of benzene rings is 3. The minimum atomic E-state index is -0.921. The van der Waals surface area contributed by atoms with Gasteiger partial charge in [0, 0.05) is 5.56 Å². The zero-order chi connectivity index (χ0) is 27.8. The molecule has 1 N–H and O–H groups in total. The van der Waals surface area contributed by atoms with E-state index in [1.54, 1.807) is 42.5 Å². The second-order valence-corrected chi connectivity index (χ2v) is 10.1. The zero-order valence-electron chi connectivity index (χ0n) is 21.9. The van der Waals surface area contributed by atoms with Crippen molar-refractivity contribution in [3.8, 4) is 23.0 Å². The number of aliphatic hydroxyl groups is 1. The van der Waals surface area contributed by atoms with E-state index in [0.29, 0.717) is 71.2 Å². The van der Waals surface area contributed by atoms with Crippen LogP contribution in [0.15, 0.2) is 66.2 Å². The molecule has 1 fully saturated rings. The quantitative estimate of drug-likeness (QED) is 0.180. The first-order valence-corrected chi connectivity index (χ1v) is 13.8. The zero-order valence-corrected chi connectivity index (χ0v) is 22.7. The molecule has 0 spiro atoms. The van der Waals surface area contributed by atoms with Crippen LogP contribution in [-0.2, 0) is 9.59 Å². The number of nitrogens with zero attached hydrogens (tertiary/aromatic N) is 2. The van der Waals surface area contributed by atoms with Gasteiger partial charge in [0.05, 0.1) is 35.0 Å². The maximum Gasteiger partial charge on any atom is 0.301 e. The molecule has 2 aliphatic heterocycles. The van der Waals surface area contributed by atoms with Crippen LogP contribution in [0, 0.1) is 0 Å². The largest absolute Gasteiger partial charge is 0.507 e. The van der Waals surface area contributed by atoms with Gasteiger partial charge in [-0.1, -0.05) is 23.5 Å². The highest BCUT2D eigenvalue weighted by Gasteiger charge is 2.48. The first-order chi connectivity index (χ1) is 19.5. The second-order valence-electron chi connectivity index (χ2n) is 9.09. The van der Waals surface area contributed by atoms with Crippen molar-refractivity contribution in [3.05, 3.63) is 77.4 Å². The molecule has 0 aliphatic carbocycles. The van der Waals surface area contributed by atoms with E-state index in [0.717, 1.165) is 4.70 Å². The summed E-state index contributed by atoms with van der Waals surface area (Å²) < 4.78 is 23.3. The van der Waals surface area contributed by atoms with Crippen LogP contribution in [0.5, 0.6) is 23.0 Å². The first-order valence-electron chi connectivity index (χ1n) is 13.0. The van der Waals surface area contributed by atoms with Crippen LogP contribution in [0.25, 0.3) is 16.0 Å². The van der Waals surface area contributed by atoms with Gasteiger partial charge in [-0.05, 0) is 67.9 Å². The Morgan fingerprint density at radius 3 is 2.40 bits per heavy atom. The lowest BCUT2D eigenvalue weighted by atomic mass is 9.95. The van der Waals surface area contributed by atoms with Gasteiger partial charge in [-0.25, -0.2) is 4.98 Å². The summed E-state index contributed by atoms with van der Waals surface area (Å²) in [6.07, 6.45) is 0. The van der Waals surface area contributed by atoms with E-state index in [2.05, 4.69) is 4.98 Å². The molecule has 10 heteroatoms. The highest BCUT2D eigenvalue weighted by Crippen LogP contribution is 2.45. The number of aliphatic hydroxyl groups excluding tert-OH is 1. The second kappa shape index (κ2) is 10.5. The summed E-state index contributed by atoms with van der Waals surface area (Å²) in [5, 5.41) is 11.8. The summed E-state index contributed by atoms with van der Waals surface area (Å²) in [6, 6.07) is 16.6. The van der Waals surface area contributed by atoms with Crippen molar-refractivity contribution in [2.24, 2.45) is 0 Å². The minimum Gasteiger partial charge on any atom is -0.507 e. The van der Waals surface area contributed by atoms with E-state index in [1.165, 1.54) is 16.2 Å². The molecule has 2 aliphatic rings. The van der Waals surface area contributed by atoms with Crippen LogP contribution in [0.4, 0.5) is 5.13 Å². The van der Waals surface area contributed by atoms with Gasteiger partial charge in [-0.2, -0.15) is 0 Å². The molecule has 4 aromatic rings. The molecular formula is C30H26N2O7S. The van der Waals surface area contributed by atoms with Crippen LogP contribution in [0.3, 0.4) is 0 Å². The van der Waals surface area contributed by atoms with Gasteiger partial charge in [0.25, 0.3) is 5.78 Å². The highest BCUT2D eigenvalue weighted by atomic mass is 32.1. The predicted octanol–water partition coefficient (Wildman–Crippen LogP) is 5.49. The fraction of sp³-hybridized carbons (Fsp3) is 0.233. The average molecular weight is 559 g/mol. The summed E-state index contributed by atoms with van der Waals surface area (Å²) in [6.45, 7) is 5.60. The van der Waals surface area contributed by atoms with Crippen molar-refractivity contribution < 1.29 is 33.6 Å². The van der Waals surface area contributed by atoms with Gasteiger partial charge in [0.1, 0.15) is 30.5 Å². The van der Waals surface area contributed by atoms with Gasteiger partial charge in [-0.15, -0.1) is 0 Å². The summed E-state index contributed by atoms with van der Waals surface area (Å²) in [5.41, 5.74) is 1.59. The number of carbonyl (C=O) groups excluding carboxylic acids is 2. The topological polar surface area (TPSA) is 107 Å². The monoisotopic (exact) mass is 558 g/mol. The number of fused-ring (bicyclic) bond motifs is 2. The van der Waals surface area contributed by atoms with E-state index >= 15 is 0 Å². The van der Waals surface area contributed by atoms with Gasteiger partial charge in [-0.3, -0.25) is 14.5 Å². The molecule has 1 atom stereocenters. The van der Waals surface area contributed by atoms with Crippen molar-refractivity contribution >= 4 is 44.1 Å². The van der Waals surface area contributed by atoms with Crippen molar-refractivity contribution in [3.63, 3.8) is 0 Å². The third-order valence-corrected chi connectivity index (χ3v) is 7.65. The number of ether oxygens (including phenoxy) is 4. The number of hydrogen-bond acceptors (Lipinski definition) is 9. The smallest absolute Gasteiger partial charge is 0.301 e. The van der Waals surface area contributed by atoms with Crippen LogP contribution in [0.2, 0.25) is 0 Å². The molecule has 0 radical (unpaired) electrons. The molecule has 0 saturated carbocycles. The maximum absolute atomic E-state index is 13.6. The molecule has 1 unspecified atom stereocenters. The van der Waals surface area contributed by atoms with E-state index < -0.39 is 17.7 Å². The van der Waals surface area contributed by atoms with Gasteiger partial charge in [0.15, 0.2) is 16.6 Å². The van der Waals surface area contributed by atoms with Crippen LogP contribution < -0.4 is 23.8 Å². The molecule has 3 aromatic carbocycles. The molecular weight excluding hydrogens is 532 g/mol. The van der Waals surface area contributed by atoms with Gasteiger partial charge >= 0.3 is 5.91 Å². The molecule has 0 bridgehead atoms. The van der Waals surface area contributed by atoms with E-state index in [1.807, 2.05) is 32.0 Å². The molecule has 1 aromatic heterocycles. The van der Waals surface area contributed by atoms with E-state index in [-0.39, 0.29) is 11.3 Å². The molecule has 1 saturated heterocycles. The Labute approximate surface area is 234 Å². The van der Waals surface area contributed by atoms with E-state index in [9.17, 15) is 14.7 Å². The molecule has 6 rings (SSSR count). The SMILES string of the molecule is CCOc1ccc(C2C(=C(O)c3ccc4c(c3)OCCO4)C(=O)C(=O)N2c2nc3ccc(OCC)cc3s2)cc1. The lowest BCUT2D eigenvalue weighted by Crippen LogP contribution is -2.29. The average Bonchev–Trinajstić information content (AvgIpc) is 3.50. The summed E-state index contributed by atoms with van der Waals surface area (Å²) in [7, 11) is 0. The number of rotatable bonds is 7. The molecule has 204 valence electrons. The third-order valence-electron chi connectivity index (χ3n) is 6.63. The lowest BCUT2D eigenvalue weighted by molar-refractivity contribution is -0.132. The number of hydrogen-bond donors (Lipinski definition) is 1. The summed E-state index contributed by atoms with van der Waals surface area (Å²) >= 11 is 1.27. The first kappa shape index (κ1) is 25.7. The minimum absolute atomic E-state index is 0.0416. The normalized spacial score (nSPS) is 17.9. The molecule has 1 amide bonds. The Hall–Kier alpha value is -4.57. The Bertz CT molecular complexity index is 1640. The number of anilines is 1. The molecule has 9 nitrogen and oxygen atoms in total. The van der Waals surface area contributed by atoms with E-state index in [4.69, 9.17) is 18.9 Å². The number of aromatic nitrogens is 1. The maximum atomic E-state index is 13.6. The predicted molar refractivity (Wildman–Crippen MR) is 151 cm³/mol. The standard InChI is InChI=1S/C30H26N2O7S/c1-3-36-19-8-5-17(6-9-19)26-25(27(33)18-7-12-22-23(15-18)39-14-13-38-22)28(34)29(35)32(26)30-31-21-11-10-20(37-4-2)16-24(21)40-30/h5-12,15-16,26,33H,3-4,13-14H2,1-2H3. The van der Waals surface area contributed by atoms with Crippen molar-refractivity contribution in [1.82, 2.24) is 4.98 Å². The van der Waals surface area contributed by atoms with Crippen molar-refractivity contribution in [2.45, 2.75) is 19.9 Å². The Balaban J connectivity index is 1.49. The molecule has 3 heterocycles. The third kappa shape index (κ3) is 4.50. The number of Topliss-reactive ketones (excluding diaryl/α,β-unsaturated/α-hetero) is 1. The fourth-order valence-corrected chi connectivity index (χ4v) is 5.88. The van der Waals surface area contributed by atoms with Crippen molar-refractivity contribution in [1.29, 1.82) is 0 Å². The van der Waals surface area contributed by atoms with Crippen molar-refractivity contribution in [2.75, 3.05) is 31.3 Å². The molecule has 40 heavy (non-hydrogen) atoms. The van der Waals surface area contributed by atoms with Gasteiger partial charge < -0.3 is 24.1 Å². The highest BCUT2D eigenvalue weighted by molar-refractivity contribution is 7.22. The van der Waals surface area contributed by atoms with Crippen LogP contribution >= 0.6 is 11.3 Å². The summed E-state index contributed by atoms with van der Waals surface area (Å²) in [4.78, 5) is 33.2. The fourth-order valence-electron chi connectivity index (χ4n) is 4.86.